The fraction of sp³-hybridized carbons (Fsp3) is 0.389. The van der Waals surface area contributed by atoms with Gasteiger partial charge in [-0.25, -0.2) is 0 Å². The smallest absolute Gasteiger partial charge is 0.406 e. The molecule has 0 radical (unpaired) electrons. The number of nitrogens with zero attached hydrogens (tertiary/aromatic N) is 2. The third-order valence-corrected chi connectivity index (χ3v) is 4.79. The molecule has 1 atom stereocenters. The first-order chi connectivity index (χ1) is 11.9. The van der Waals surface area contributed by atoms with Crippen LogP contribution in [0.25, 0.3) is 11.1 Å². The van der Waals surface area contributed by atoms with E-state index in [-0.39, 0.29) is 11.3 Å². The van der Waals surface area contributed by atoms with Gasteiger partial charge in [0.05, 0.1) is 0 Å². The first kappa shape index (κ1) is 16.1. The lowest BCUT2D eigenvalue weighted by Crippen LogP contribution is -2.46. The minimum atomic E-state index is -4.73. The second-order valence-corrected chi connectivity index (χ2v) is 6.55. The standard InChI is InChI=1S/C18H17F3N2O2/c19-18(20,21)25-14-5-1-4-13(9-14)15-6-7-16(24)23-11-12-3-2-8-22(10-12)17(15)23/h1,4-7,9,12H,2-3,8,10-11H2. The van der Waals surface area contributed by atoms with Crippen LogP contribution in [0.1, 0.15) is 12.8 Å². The van der Waals surface area contributed by atoms with Crippen LogP contribution in [0.4, 0.5) is 19.0 Å². The van der Waals surface area contributed by atoms with Gasteiger partial charge in [0.1, 0.15) is 11.6 Å². The highest BCUT2D eigenvalue weighted by Gasteiger charge is 2.32. The molecule has 4 nitrogen and oxygen atoms in total. The monoisotopic (exact) mass is 350 g/mol. The molecule has 0 saturated carbocycles. The van der Waals surface area contributed by atoms with Crippen molar-refractivity contribution in [2.24, 2.45) is 5.92 Å². The van der Waals surface area contributed by atoms with E-state index in [2.05, 4.69) is 9.64 Å². The van der Waals surface area contributed by atoms with E-state index in [0.29, 0.717) is 18.0 Å². The van der Waals surface area contributed by atoms with Gasteiger partial charge in [-0.15, -0.1) is 13.2 Å². The van der Waals surface area contributed by atoms with Gasteiger partial charge in [-0.3, -0.25) is 9.36 Å². The highest BCUT2D eigenvalue weighted by atomic mass is 19.4. The Bertz CT molecular complexity index is 860. The van der Waals surface area contributed by atoms with Crippen molar-refractivity contribution in [1.82, 2.24) is 4.57 Å². The molecule has 0 spiro atoms. The van der Waals surface area contributed by atoms with Crippen LogP contribution >= 0.6 is 0 Å². The molecule has 0 amide bonds. The summed E-state index contributed by atoms with van der Waals surface area (Å²) in [4.78, 5) is 14.5. The molecule has 0 N–H and O–H groups in total. The lowest BCUT2D eigenvalue weighted by atomic mass is 9.93. The number of rotatable bonds is 2. The number of halogens is 3. The Hall–Kier alpha value is -2.44. The maximum atomic E-state index is 12.5. The third kappa shape index (κ3) is 3.10. The highest BCUT2D eigenvalue weighted by Crippen LogP contribution is 2.38. The van der Waals surface area contributed by atoms with E-state index in [9.17, 15) is 18.0 Å². The molecule has 1 fully saturated rings. The molecule has 7 heteroatoms. The molecule has 25 heavy (non-hydrogen) atoms. The van der Waals surface area contributed by atoms with Crippen LogP contribution in [0.15, 0.2) is 41.2 Å². The summed E-state index contributed by atoms with van der Waals surface area (Å²) in [6, 6.07) is 9.08. The molecule has 1 saturated heterocycles. The van der Waals surface area contributed by atoms with Crippen LogP contribution in [0, 0.1) is 5.92 Å². The van der Waals surface area contributed by atoms with Crippen molar-refractivity contribution < 1.29 is 17.9 Å². The SMILES string of the molecule is O=c1ccc(-c2cccc(OC(F)(F)F)c2)c2n1CC1CCCN2C1. The average Bonchev–Trinajstić information content (AvgIpc) is 2.55. The zero-order valence-corrected chi connectivity index (χ0v) is 13.4. The molecule has 2 aliphatic rings. The maximum Gasteiger partial charge on any atom is 0.573 e. The van der Waals surface area contributed by atoms with E-state index >= 15 is 0 Å². The van der Waals surface area contributed by atoms with Gasteiger partial charge in [0.2, 0.25) is 0 Å². The van der Waals surface area contributed by atoms with E-state index in [1.54, 1.807) is 16.7 Å². The zero-order valence-electron chi connectivity index (χ0n) is 13.4. The number of hydrogen-bond donors (Lipinski definition) is 0. The lowest BCUT2D eigenvalue weighted by molar-refractivity contribution is -0.274. The van der Waals surface area contributed by atoms with Crippen molar-refractivity contribution in [3.63, 3.8) is 0 Å². The Morgan fingerprint density at radius 3 is 2.76 bits per heavy atom. The van der Waals surface area contributed by atoms with Gasteiger partial charge in [0.25, 0.3) is 5.56 Å². The molecule has 1 aromatic carbocycles. The Labute approximate surface area is 142 Å². The van der Waals surface area contributed by atoms with Crippen molar-refractivity contribution in [2.75, 3.05) is 18.0 Å². The fourth-order valence-electron chi connectivity index (χ4n) is 3.84. The molecule has 1 unspecified atom stereocenters. The van der Waals surface area contributed by atoms with Crippen LogP contribution < -0.4 is 15.2 Å². The largest absolute Gasteiger partial charge is 0.573 e. The molecule has 1 aromatic heterocycles. The summed E-state index contributed by atoms with van der Waals surface area (Å²) in [6.45, 7) is 2.40. The van der Waals surface area contributed by atoms with Gasteiger partial charge in [-0.1, -0.05) is 12.1 Å². The van der Waals surface area contributed by atoms with Crippen molar-refractivity contribution in [2.45, 2.75) is 25.7 Å². The number of piperidine rings is 1. The molecule has 4 rings (SSSR count). The Balaban J connectivity index is 1.81. The van der Waals surface area contributed by atoms with Crippen LogP contribution in [0.3, 0.4) is 0 Å². The van der Waals surface area contributed by atoms with Crippen LogP contribution in [-0.4, -0.2) is 24.0 Å². The van der Waals surface area contributed by atoms with Gasteiger partial charge >= 0.3 is 6.36 Å². The second kappa shape index (κ2) is 5.82. The summed E-state index contributed by atoms with van der Waals surface area (Å²) in [5, 5.41) is 0. The number of aromatic nitrogens is 1. The number of ether oxygens (including phenoxy) is 1. The molecule has 2 aromatic rings. The average molecular weight is 350 g/mol. The molecular formula is C18H17F3N2O2. The first-order valence-electron chi connectivity index (χ1n) is 8.26. The molecule has 3 heterocycles. The maximum absolute atomic E-state index is 12.5. The van der Waals surface area contributed by atoms with Crippen LogP contribution in [0.5, 0.6) is 5.75 Å². The van der Waals surface area contributed by atoms with Gasteiger partial charge in [-0.2, -0.15) is 0 Å². The van der Waals surface area contributed by atoms with Crippen molar-refractivity contribution in [3.8, 4) is 16.9 Å². The van der Waals surface area contributed by atoms with Gasteiger partial charge in [-0.05, 0) is 42.5 Å². The predicted molar refractivity (Wildman–Crippen MR) is 87.8 cm³/mol. The summed E-state index contributed by atoms with van der Waals surface area (Å²) in [5.74, 6) is 0.990. The first-order valence-corrected chi connectivity index (χ1v) is 8.26. The van der Waals surface area contributed by atoms with E-state index in [0.717, 1.165) is 37.3 Å². The molecule has 132 valence electrons. The van der Waals surface area contributed by atoms with Gasteiger partial charge in [0, 0.05) is 31.3 Å². The number of hydrogen-bond acceptors (Lipinski definition) is 3. The van der Waals surface area contributed by atoms with Crippen LogP contribution in [-0.2, 0) is 6.54 Å². The summed E-state index contributed by atoms with van der Waals surface area (Å²) in [7, 11) is 0. The van der Waals surface area contributed by atoms with Gasteiger partial charge < -0.3 is 9.64 Å². The van der Waals surface area contributed by atoms with E-state index in [1.165, 1.54) is 24.3 Å². The number of anilines is 1. The number of alkyl halides is 3. The Morgan fingerprint density at radius 2 is 1.96 bits per heavy atom. The summed E-state index contributed by atoms with van der Waals surface area (Å²) in [6.07, 6.45) is -2.57. The Morgan fingerprint density at radius 1 is 1.12 bits per heavy atom. The van der Waals surface area contributed by atoms with Crippen molar-refractivity contribution >= 4 is 5.82 Å². The fourth-order valence-corrected chi connectivity index (χ4v) is 3.84. The topological polar surface area (TPSA) is 34.5 Å². The molecule has 2 bridgehead atoms. The van der Waals surface area contributed by atoms with Crippen molar-refractivity contribution in [3.05, 3.63) is 46.8 Å². The zero-order chi connectivity index (χ0) is 17.6. The summed E-state index contributed by atoms with van der Waals surface area (Å²) in [5.41, 5.74) is 1.29. The lowest BCUT2D eigenvalue weighted by Gasteiger charge is -2.42. The predicted octanol–water partition coefficient (Wildman–Crippen LogP) is 3.64. The summed E-state index contributed by atoms with van der Waals surface area (Å²) >= 11 is 0. The second-order valence-electron chi connectivity index (χ2n) is 6.55. The molecule has 0 aliphatic carbocycles. The third-order valence-electron chi connectivity index (χ3n) is 4.79. The minimum absolute atomic E-state index is 0.0713. The van der Waals surface area contributed by atoms with Crippen molar-refractivity contribution in [1.29, 1.82) is 0 Å². The molecular weight excluding hydrogens is 333 g/mol. The molecule has 2 aliphatic heterocycles. The van der Waals surface area contributed by atoms with E-state index in [1.807, 2.05) is 0 Å². The number of pyridine rings is 1. The Kier molecular flexibility index (Phi) is 3.74. The normalized spacial score (nSPS) is 19.5. The minimum Gasteiger partial charge on any atom is -0.406 e. The number of fused-ring (bicyclic) bond motifs is 4. The highest BCUT2D eigenvalue weighted by molar-refractivity contribution is 5.77. The quantitative estimate of drug-likeness (QED) is 0.829. The van der Waals surface area contributed by atoms with E-state index < -0.39 is 6.36 Å². The van der Waals surface area contributed by atoms with Gasteiger partial charge in [0.15, 0.2) is 0 Å². The summed E-state index contributed by atoms with van der Waals surface area (Å²) < 4.78 is 43.3. The van der Waals surface area contributed by atoms with E-state index in [4.69, 9.17) is 0 Å². The number of benzene rings is 1. The van der Waals surface area contributed by atoms with Crippen LogP contribution in [0.2, 0.25) is 0 Å².